The highest BCUT2D eigenvalue weighted by Gasteiger charge is 2.25. The number of hydrogen-bond acceptors (Lipinski definition) is 6. The summed E-state index contributed by atoms with van der Waals surface area (Å²) in [6.45, 7) is 2.70. The van der Waals surface area contributed by atoms with Crippen molar-refractivity contribution in [3.8, 4) is 6.07 Å². The van der Waals surface area contributed by atoms with Crippen molar-refractivity contribution in [2.24, 2.45) is 5.92 Å². The number of carbonyl (C=O) groups excluding carboxylic acids is 2. The number of Topliss-reactive ketones (excluding diaryl/α,β-unsaturated/α-hetero) is 2. The molecule has 1 aliphatic carbocycles. The van der Waals surface area contributed by atoms with Crippen LogP contribution in [0.1, 0.15) is 49.3 Å². The number of nitrogens with zero attached hydrogens (tertiary/aromatic N) is 3. The number of aromatic nitrogens is 2. The zero-order chi connectivity index (χ0) is 26.7. The molecule has 8 nitrogen and oxygen atoms in total. The summed E-state index contributed by atoms with van der Waals surface area (Å²) in [5.41, 5.74) is 1.42. The van der Waals surface area contributed by atoms with Gasteiger partial charge in [0.1, 0.15) is 18.0 Å². The molecule has 1 fully saturated rings. The first kappa shape index (κ1) is 26.5. The Kier molecular flexibility index (Phi) is 8.06. The first-order valence-electron chi connectivity index (χ1n) is 12.4. The van der Waals surface area contributed by atoms with E-state index in [1.165, 1.54) is 16.7 Å². The topological polar surface area (TPSA) is 122 Å². The molecule has 2 aromatic carbocycles. The lowest BCUT2D eigenvalue weighted by Gasteiger charge is -2.13. The van der Waals surface area contributed by atoms with Crippen LogP contribution >= 0.6 is 11.6 Å². The van der Waals surface area contributed by atoms with Crippen LogP contribution in [0.15, 0.2) is 46.0 Å². The molecule has 192 valence electrons. The van der Waals surface area contributed by atoms with Gasteiger partial charge in [-0.15, -0.1) is 0 Å². The number of carbonyl (C=O) groups is 2. The summed E-state index contributed by atoms with van der Waals surface area (Å²) in [5, 5.41) is 19.9. The van der Waals surface area contributed by atoms with Crippen molar-refractivity contribution < 1.29 is 14.7 Å². The summed E-state index contributed by atoms with van der Waals surface area (Å²) in [6, 6.07) is 11.7. The molecule has 1 saturated carbocycles. The van der Waals surface area contributed by atoms with E-state index in [1.54, 1.807) is 28.8 Å². The first-order chi connectivity index (χ1) is 17.7. The molecular weight excluding hydrogens is 494 g/mol. The van der Waals surface area contributed by atoms with Gasteiger partial charge >= 0.3 is 5.69 Å². The molecule has 1 N–H and O–H groups in total. The fraction of sp³-hybridized carbons (Fsp3) is 0.393. The van der Waals surface area contributed by atoms with E-state index in [-0.39, 0.29) is 47.7 Å². The molecule has 3 aromatic rings. The van der Waals surface area contributed by atoms with Crippen molar-refractivity contribution in [1.29, 1.82) is 5.26 Å². The SMILES string of the molecule is CCn1c(=O)n(CC2CC2)c(=O)c2cc(CC(=O)CC[C@@H](O)C(=O)Cc3ccc(C#N)c(Cl)c3)ccc21. The fourth-order valence-corrected chi connectivity index (χ4v) is 4.70. The molecule has 9 heteroatoms. The van der Waals surface area contributed by atoms with Crippen LogP contribution in [-0.2, 0) is 35.5 Å². The van der Waals surface area contributed by atoms with Crippen molar-refractivity contribution in [3.05, 3.63) is 78.9 Å². The van der Waals surface area contributed by atoms with Crippen molar-refractivity contribution in [2.75, 3.05) is 0 Å². The summed E-state index contributed by atoms with van der Waals surface area (Å²) in [4.78, 5) is 50.9. The zero-order valence-electron chi connectivity index (χ0n) is 20.6. The Balaban J connectivity index is 1.41. The number of aryl methyl sites for hydroxylation is 1. The maximum absolute atomic E-state index is 13.1. The van der Waals surface area contributed by atoms with Gasteiger partial charge in [0.2, 0.25) is 0 Å². The fourth-order valence-electron chi connectivity index (χ4n) is 4.46. The molecule has 37 heavy (non-hydrogen) atoms. The lowest BCUT2D eigenvalue weighted by atomic mass is 9.98. The van der Waals surface area contributed by atoms with Gasteiger partial charge in [-0.2, -0.15) is 5.26 Å². The van der Waals surface area contributed by atoms with Crippen molar-refractivity contribution in [2.45, 2.75) is 64.6 Å². The van der Waals surface area contributed by atoms with Crippen LogP contribution in [-0.4, -0.2) is 31.9 Å². The summed E-state index contributed by atoms with van der Waals surface area (Å²) in [6.07, 6.45) is 0.703. The number of rotatable bonds is 11. The quantitative estimate of drug-likeness (QED) is 0.413. The molecule has 1 heterocycles. The van der Waals surface area contributed by atoms with Gasteiger partial charge in [0.15, 0.2) is 5.78 Å². The van der Waals surface area contributed by atoms with Gasteiger partial charge in [0.25, 0.3) is 5.56 Å². The summed E-state index contributed by atoms with van der Waals surface area (Å²) < 4.78 is 2.88. The zero-order valence-corrected chi connectivity index (χ0v) is 21.3. The van der Waals surface area contributed by atoms with Crippen LogP contribution in [0.3, 0.4) is 0 Å². The van der Waals surface area contributed by atoms with Gasteiger partial charge in [-0.1, -0.05) is 23.7 Å². The van der Waals surface area contributed by atoms with Crippen LogP contribution in [0.4, 0.5) is 0 Å². The Morgan fingerprint density at radius 1 is 1.11 bits per heavy atom. The van der Waals surface area contributed by atoms with Crippen molar-refractivity contribution in [1.82, 2.24) is 9.13 Å². The third-order valence-electron chi connectivity index (χ3n) is 6.74. The molecule has 4 rings (SSSR count). The Labute approximate surface area is 218 Å². The Morgan fingerprint density at radius 2 is 1.81 bits per heavy atom. The smallest absolute Gasteiger partial charge is 0.331 e. The predicted molar refractivity (Wildman–Crippen MR) is 140 cm³/mol. The lowest BCUT2D eigenvalue weighted by molar-refractivity contribution is -0.127. The number of fused-ring (bicyclic) bond motifs is 1. The second-order valence-corrected chi connectivity index (χ2v) is 9.98. The van der Waals surface area contributed by atoms with E-state index in [4.69, 9.17) is 16.9 Å². The highest BCUT2D eigenvalue weighted by molar-refractivity contribution is 6.31. The average molecular weight is 522 g/mol. The maximum Gasteiger partial charge on any atom is 0.331 e. The van der Waals surface area contributed by atoms with Crippen LogP contribution in [0.2, 0.25) is 5.02 Å². The second kappa shape index (κ2) is 11.2. The van der Waals surface area contributed by atoms with Crippen LogP contribution in [0, 0.1) is 17.2 Å². The van der Waals surface area contributed by atoms with E-state index < -0.39 is 11.9 Å². The normalized spacial score (nSPS) is 13.9. The average Bonchev–Trinajstić information content (AvgIpc) is 3.70. The minimum absolute atomic E-state index is 0.000555. The second-order valence-electron chi connectivity index (χ2n) is 9.58. The van der Waals surface area contributed by atoms with Gasteiger partial charge in [0.05, 0.1) is 21.5 Å². The minimum atomic E-state index is -1.30. The van der Waals surface area contributed by atoms with E-state index in [0.29, 0.717) is 46.6 Å². The standard InChI is InChI=1S/C28H28ClN3O5/c1-2-31-24-9-6-18(12-22(24)27(36)32(28(31)37)16-17-3-4-17)11-21(33)8-10-25(34)26(35)14-19-5-7-20(15-30)23(29)13-19/h5-7,9,12-13,17,25,34H,2-4,8,10-11,14,16H2,1H3/t25-/m1/s1. The summed E-state index contributed by atoms with van der Waals surface area (Å²) >= 11 is 6.00. The third kappa shape index (κ3) is 6.07. The Hall–Kier alpha value is -3.54. The lowest BCUT2D eigenvalue weighted by Crippen LogP contribution is -2.40. The molecule has 1 atom stereocenters. The highest BCUT2D eigenvalue weighted by atomic mass is 35.5. The van der Waals surface area contributed by atoms with Gasteiger partial charge in [0, 0.05) is 32.4 Å². The number of ketones is 2. The molecule has 0 radical (unpaired) electrons. The maximum atomic E-state index is 13.1. The minimum Gasteiger partial charge on any atom is -0.385 e. The largest absolute Gasteiger partial charge is 0.385 e. The molecular formula is C28H28ClN3O5. The monoisotopic (exact) mass is 521 g/mol. The molecule has 0 saturated heterocycles. The van der Waals surface area contributed by atoms with Gasteiger partial charge in [-0.25, -0.2) is 4.79 Å². The Bertz CT molecular complexity index is 1530. The highest BCUT2D eigenvalue weighted by Crippen LogP contribution is 2.29. The molecule has 0 spiro atoms. The molecule has 0 unspecified atom stereocenters. The van der Waals surface area contributed by atoms with Gasteiger partial charge in [-0.05, 0) is 67.5 Å². The van der Waals surface area contributed by atoms with E-state index >= 15 is 0 Å². The number of aliphatic hydroxyl groups excluding tert-OH is 1. The van der Waals surface area contributed by atoms with E-state index in [1.807, 2.05) is 13.0 Å². The molecule has 1 aliphatic rings. The Morgan fingerprint density at radius 3 is 2.46 bits per heavy atom. The molecule has 0 amide bonds. The predicted octanol–water partition coefficient (Wildman–Crippen LogP) is 3.18. The van der Waals surface area contributed by atoms with Crippen LogP contribution in [0.5, 0.6) is 0 Å². The van der Waals surface area contributed by atoms with Gasteiger partial charge < -0.3 is 5.11 Å². The first-order valence-corrected chi connectivity index (χ1v) is 12.8. The van der Waals surface area contributed by atoms with Crippen molar-refractivity contribution in [3.63, 3.8) is 0 Å². The number of nitriles is 1. The summed E-state index contributed by atoms with van der Waals surface area (Å²) in [7, 11) is 0. The number of halogens is 1. The van der Waals surface area contributed by atoms with Crippen LogP contribution in [0.25, 0.3) is 10.9 Å². The number of benzene rings is 2. The van der Waals surface area contributed by atoms with E-state index in [0.717, 1.165) is 12.8 Å². The summed E-state index contributed by atoms with van der Waals surface area (Å²) in [5.74, 6) is -0.247. The molecule has 0 aliphatic heterocycles. The molecule has 0 bridgehead atoms. The van der Waals surface area contributed by atoms with E-state index in [9.17, 15) is 24.3 Å². The van der Waals surface area contributed by atoms with Crippen molar-refractivity contribution >= 4 is 34.1 Å². The number of hydrogen-bond donors (Lipinski definition) is 1. The third-order valence-corrected chi connectivity index (χ3v) is 7.06. The van der Waals surface area contributed by atoms with E-state index in [2.05, 4.69) is 0 Å². The number of aliphatic hydroxyl groups is 1. The molecule has 1 aromatic heterocycles. The van der Waals surface area contributed by atoms with Crippen LogP contribution < -0.4 is 11.2 Å². The van der Waals surface area contributed by atoms with Gasteiger partial charge in [-0.3, -0.25) is 23.5 Å².